The molecule has 5 heteroatoms. The van der Waals surface area contributed by atoms with Gasteiger partial charge in [0.1, 0.15) is 0 Å². The smallest absolute Gasteiger partial charge is 0.501 e. The zero-order valence-electron chi connectivity index (χ0n) is 18.8. The van der Waals surface area contributed by atoms with Crippen molar-refractivity contribution in [3.8, 4) is 0 Å². The molecular weight excluding hydrogens is 356 g/mol. The van der Waals surface area contributed by atoms with Crippen molar-refractivity contribution in [1.29, 1.82) is 0 Å². The maximum absolute atomic E-state index is 6.10. The maximum Gasteiger partial charge on any atom is 0.536 e. The van der Waals surface area contributed by atoms with Crippen LogP contribution in [0.15, 0.2) is 11.5 Å². The van der Waals surface area contributed by atoms with E-state index in [4.69, 9.17) is 18.0 Å². The van der Waals surface area contributed by atoms with Gasteiger partial charge in [-0.2, -0.15) is 0 Å². The monoisotopic (exact) mass is 402 g/mol. The normalized spacial score (nSPS) is 12.6. The number of hydrogen-bond acceptors (Lipinski definition) is 4. The average Bonchev–Trinajstić information content (AvgIpc) is 2.66. The van der Waals surface area contributed by atoms with E-state index < -0.39 is 8.80 Å². The Kier molecular flexibility index (Phi) is 18.7. The van der Waals surface area contributed by atoms with Crippen LogP contribution in [-0.2, 0) is 18.0 Å². The van der Waals surface area contributed by atoms with E-state index >= 15 is 0 Å². The van der Waals surface area contributed by atoms with Gasteiger partial charge in [-0.15, -0.1) is 0 Å². The minimum absolute atomic E-state index is 0.593. The lowest BCUT2D eigenvalue weighted by atomic mass is 10.1. The molecule has 0 unspecified atom stereocenters. The summed E-state index contributed by atoms with van der Waals surface area (Å²) in [6.07, 6.45) is 15.3. The van der Waals surface area contributed by atoms with Crippen molar-refractivity contribution < 1.29 is 18.0 Å². The molecule has 0 amide bonds. The van der Waals surface area contributed by atoms with Gasteiger partial charge < -0.3 is 18.0 Å². The molecule has 0 aliphatic rings. The van der Waals surface area contributed by atoms with E-state index in [1.54, 1.807) is 0 Å². The summed E-state index contributed by atoms with van der Waals surface area (Å²) < 4.78 is 24.2. The highest BCUT2D eigenvalue weighted by molar-refractivity contribution is 6.68. The van der Waals surface area contributed by atoms with Gasteiger partial charge in [0.2, 0.25) is 0 Å². The van der Waals surface area contributed by atoms with Gasteiger partial charge in [-0.25, -0.2) is 0 Å². The second-order valence-electron chi connectivity index (χ2n) is 6.95. The van der Waals surface area contributed by atoms with Crippen LogP contribution < -0.4 is 0 Å². The van der Waals surface area contributed by atoms with Crippen LogP contribution in [-0.4, -0.2) is 35.2 Å². The number of rotatable bonds is 20. The molecule has 0 bridgehead atoms. The summed E-state index contributed by atoms with van der Waals surface area (Å²) in [6.45, 7) is 13.0. The van der Waals surface area contributed by atoms with E-state index in [9.17, 15) is 0 Å². The zero-order chi connectivity index (χ0) is 20.2. The summed E-state index contributed by atoms with van der Waals surface area (Å²) in [6, 6.07) is 0. The molecule has 0 saturated heterocycles. The van der Waals surface area contributed by atoms with Crippen molar-refractivity contribution in [2.45, 2.75) is 105 Å². The molecular formula is C22H46O4Si. The Morgan fingerprint density at radius 1 is 0.630 bits per heavy atom. The van der Waals surface area contributed by atoms with E-state index in [0.717, 1.165) is 31.1 Å². The van der Waals surface area contributed by atoms with Crippen LogP contribution in [0, 0.1) is 0 Å². The quantitative estimate of drug-likeness (QED) is 0.127. The van der Waals surface area contributed by atoms with Crippen LogP contribution >= 0.6 is 0 Å². The van der Waals surface area contributed by atoms with Gasteiger partial charge in [-0.05, 0) is 40.0 Å². The summed E-state index contributed by atoms with van der Waals surface area (Å²) in [5, 5.41) is 1.11. The third-order valence-electron chi connectivity index (χ3n) is 4.54. The van der Waals surface area contributed by atoms with Crippen molar-refractivity contribution >= 4 is 8.80 Å². The molecule has 0 heterocycles. The van der Waals surface area contributed by atoms with Gasteiger partial charge in [-0.3, -0.25) is 0 Å². The summed E-state index contributed by atoms with van der Waals surface area (Å²) in [4.78, 5) is 0. The molecule has 0 aliphatic carbocycles. The largest absolute Gasteiger partial charge is 0.536 e. The molecule has 0 aliphatic heterocycles. The summed E-state index contributed by atoms with van der Waals surface area (Å²) in [5.41, 5.74) is 0. The molecule has 0 fully saturated rings. The molecule has 0 aromatic heterocycles. The van der Waals surface area contributed by atoms with E-state index in [0.29, 0.717) is 19.8 Å². The van der Waals surface area contributed by atoms with Crippen molar-refractivity contribution in [1.82, 2.24) is 0 Å². The first-order chi connectivity index (χ1) is 13.2. The molecule has 0 aromatic carbocycles. The number of allylic oxidation sites excluding steroid dienone is 1. The highest BCUT2D eigenvalue weighted by atomic mass is 28.4. The second-order valence-corrected chi connectivity index (χ2v) is 9.57. The number of ether oxygens (including phenoxy) is 1. The molecule has 162 valence electrons. The highest BCUT2D eigenvalue weighted by Crippen LogP contribution is 2.26. The van der Waals surface area contributed by atoms with Crippen molar-refractivity contribution in [3.63, 3.8) is 0 Å². The molecule has 27 heavy (non-hydrogen) atoms. The SMILES string of the molecule is CCCCCCCCOC=C(CCCCCC)[Si](OCC)(OCC)OCC. The fraction of sp³-hybridized carbons (Fsp3) is 0.909. The summed E-state index contributed by atoms with van der Waals surface area (Å²) in [7, 11) is -2.84. The van der Waals surface area contributed by atoms with Crippen LogP contribution in [0.25, 0.3) is 0 Å². The fourth-order valence-electron chi connectivity index (χ4n) is 3.12. The Morgan fingerprint density at radius 2 is 1.11 bits per heavy atom. The Morgan fingerprint density at radius 3 is 1.63 bits per heavy atom. The summed E-state index contributed by atoms with van der Waals surface area (Å²) in [5.74, 6) is 0. The van der Waals surface area contributed by atoms with E-state index in [1.165, 1.54) is 51.4 Å². The van der Waals surface area contributed by atoms with E-state index in [2.05, 4.69) is 13.8 Å². The Balaban J connectivity index is 4.82. The molecule has 0 spiro atoms. The lowest BCUT2D eigenvalue weighted by molar-refractivity contribution is 0.0780. The van der Waals surface area contributed by atoms with Crippen LogP contribution in [0.4, 0.5) is 0 Å². The standard InChI is InChI=1S/C22H46O4Si/c1-6-11-13-15-16-18-20-23-21-22(19-17-14-12-7-2)27(24-8-3,25-9-4)26-10-5/h21H,6-20H2,1-5H3. The predicted molar refractivity (Wildman–Crippen MR) is 117 cm³/mol. The molecule has 0 N–H and O–H groups in total. The lowest BCUT2D eigenvalue weighted by Gasteiger charge is -2.30. The van der Waals surface area contributed by atoms with Crippen LogP contribution in [0.1, 0.15) is 105 Å². The fourth-order valence-corrected chi connectivity index (χ4v) is 5.78. The first-order valence-electron chi connectivity index (χ1n) is 11.4. The van der Waals surface area contributed by atoms with Gasteiger partial charge in [-0.1, -0.05) is 65.2 Å². The first-order valence-corrected chi connectivity index (χ1v) is 13.2. The molecule has 0 rings (SSSR count). The van der Waals surface area contributed by atoms with Gasteiger partial charge >= 0.3 is 8.80 Å². The molecule has 0 aromatic rings. The van der Waals surface area contributed by atoms with Gasteiger partial charge in [0.15, 0.2) is 0 Å². The lowest BCUT2D eigenvalue weighted by Crippen LogP contribution is -2.48. The maximum atomic E-state index is 6.10. The Labute approximate surface area is 170 Å². The minimum atomic E-state index is -2.84. The van der Waals surface area contributed by atoms with Crippen LogP contribution in [0.5, 0.6) is 0 Å². The minimum Gasteiger partial charge on any atom is -0.501 e. The third kappa shape index (κ3) is 12.7. The average molecular weight is 403 g/mol. The molecule has 0 saturated carbocycles. The third-order valence-corrected chi connectivity index (χ3v) is 7.70. The van der Waals surface area contributed by atoms with Gasteiger partial charge in [0.25, 0.3) is 0 Å². The predicted octanol–water partition coefficient (Wildman–Crippen LogP) is 6.81. The van der Waals surface area contributed by atoms with E-state index in [-0.39, 0.29) is 0 Å². The zero-order valence-corrected chi connectivity index (χ0v) is 19.8. The highest BCUT2D eigenvalue weighted by Gasteiger charge is 2.45. The van der Waals surface area contributed by atoms with E-state index in [1.807, 2.05) is 27.0 Å². The second kappa shape index (κ2) is 19.0. The van der Waals surface area contributed by atoms with Crippen molar-refractivity contribution in [2.24, 2.45) is 0 Å². The summed E-state index contributed by atoms with van der Waals surface area (Å²) >= 11 is 0. The van der Waals surface area contributed by atoms with Crippen LogP contribution in [0.2, 0.25) is 0 Å². The first kappa shape index (κ1) is 26.6. The number of unbranched alkanes of at least 4 members (excludes halogenated alkanes) is 8. The van der Waals surface area contributed by atoms with Crippen LogP contribution in [0.3, 0.4) is 0 Å². The Hall–Kier alpha value is -0.363. The van der Waals surface area contributed by atoms with Gasteiger partial charge in [0.05, 0.1) is 12.9 Å². The molecule has 0 atom stereocenters. The Bertz CT molecular complexity index is 330. The molecule has 0 radical (unpaired) electrons. The van der Waals surface area contributed by atoms with Crippen molar-refractivity contribution in [2.75, 3.05) is 26.4 Å². The van der Waals surface area contributed by atoms with Crippen molar-refractivity contribution in [3.05, 3.63) is 11.5 Å². The topological polar surface area (TPSA) is 36.9 Å². The molecule has 4 nitrogen and oxygen atoms in total. The van der Waals surface area contributed by atoms with Gasteiger partial charge in [0, 0.05) is 25.0 Å². The number of hydrogen-bond donors (Lipinski definition) is 0.